The van der Waals surface area contributed by atoms with Crippen molar-refractivity contribution in [1.82, 2.24) is 19.9 Å². The number of carboxylic acids is 1. The Balaban J connectivity index is 1.50. The van der Waals surface area contributed by atoms with Gasteiger partial charge in [0.1, 0.15) is 17.9 Å². The average Bonchev–Trinajstić information content (AvgIpc) is 2.88. The van der Waals surface area contributed by atoms with Gasteiger partial charge in [0.25, 0.3) is 0 Å². The Kier molecular flexibility index (Phi) is 10.7. The molecule has 3 N–H and O–H groups in total. The third-order valence-corrected chi connectivity index (χ3v) is 6.01. The van der Waals surface area contributed by atoms with Gasteiger partial charge in [-0.05, 0) is 63.6 Å². The molecular weight excluding hydrogens is 446 g/mol. The summed E-state index contributed by atoms with van der Waals surface area (Å²) >= 11 is 0. The first-order chi connectivity index (χ1) is 17.1. The van der Waals surface area contributed by atoms with E-state index in [2.05, 4.69) is 37.6 Å². The molecule has 3 rings (SSSR count). The molecule has 0 bridgehead atoms. The molecule has 0 amide bonds. The first kappa shape index (κ1) is 26.3. The van der Waals surface area contributed by atoms with E-state index in [1.54, 1.807) is 0 Å². The molecule has 0 aromatic carbocycles. The van der Waals surface area contributed by atoms with Crippen molar-refractivity contribution >= 4 is 17.6 Å². The van der Waals surface area contributed by atoms with Crippen LogP contribution in [-0.4, -0.2) is 76.4 Å². The van der Waals surface area contributed by atoms with Gasteiger partial charge in [0.2, 0.25) is 0 Å². The maximum absolute atomic E-state index is 11.8. The fourth-order valence-corrected chi connectivity index (χ4v) is 4.08. The predicted molar refractivity (Wildman–Crippen MR) is 133 cm³/mol. The van der Waals surface area contributed by atoms with Crippen molar-refractivity contribution in [2.24, 2.45) is 0 Å². The number of rotatable bonds is 15. The number of nitriles is 1. The monoisotopic (exact) mass is 481 g/mol. The first-order valence-electron chi connectivity index (χ1n) is 12.3. The van der Waals surface area contributed by atoms with Gasteiger partial charge >= 0.3 is 5.97 Å². The first-order valence-corrected chi connectivity index (χ1v) is 12.3. The van der Waals surface area contributed by atoms with Gasteiger partial charge in [0.05, 0.1) is 6.61 Å². The van der Waals surface area contributed by atoms with Crippen LogP contribution in [-0.2, 0) is 22.4 Å². The van der Waals surface area contributed by atoms with E-state index in [0.717, 1.165) is 63.3 Å². The molecule has 10 nitrogen and oxygen atoms in total. The number of aryl methyl sites for hydroxylation is 2. The molecular formula is C25H35N7O3. The third-order valence-electron chi connectivity index (χ3n) is 6.01. The van der Waals surface area contributed by atoms with Crippen molar-refractivity contribution in [3.8, 4) is 6.07 Å². The molecule has 0 saturated heterocycles. The number of unbranched alkanes of at least 4 members (excludes halogenated alkanes) is 1. The van der Waals surface area contributed by atoms with Crippen LogP contribution in [0.5, 0.6) is 0 Å². The Hall–Kier alpha value is -3.29. The molecule has 3 heterocycles. The maximum Gasteiger partial charge on any atom is 0.326 e. The van der Waals surface area contributed by atoms with Crippen molar-refractivity contribution in [2.75, 3.05) is 50.0 Å². The van der Waals surface area contributed by atoms with Crippen molar-refractivity contribution in [3.05, 3.63) is 41.5 Å². The van der Waals surface area contributed by atoms with Gasteiger partial charge in [-0.25, -0.2) is 19.7 Å². The highest BCUT2D eigenvalue weighted by Crippen LogP contribution is 2.20. The van der Waals surface area contributed by atoms with Crippen molar-refractivity contribution in [1.29, 1.82) is 5.26 Å². The molecule has 0 saturated carbocycles. The van der Waals surface area contributed by atoms with Gasteiger partial charge in [-0.2, -0.15) is 5.26 Å². The van der Waals surface area contributed by atoms with Gasteiger partial charge in [-0.3, -0.25) is 0 Å². The van der Waals surface area contributed by atoms with Crippen molar-refractivity contribution in [2.45, 2.75) is 51.5 Å². The highest BCUT2D eigenvalue weighted by Gasteiger charge is 2.21. The van der Waals surface area contributed by atoms with Gasteiger partial charge < -0.3 is 25.4 Å². The normalized spacial score (nSPS) is 13.5. The van der Waals surface area contributed by atoms with Crippen LogP contribution in [0.15, 0.2) is 24.5 Å². The van der Waals surface area contributed by atoms with E-state index in [0.29, 0.717) is 26.2 Å². The summed E-state index contributed by atoms with van der Waals surface area (Å²) in [6.07, 6.45) is 8.34. The fraction of sp³-hybridized carbons (Fsp3) is 0.560. The number of ether oxygens (including phenoxy) is 1. The SMILES string of the molecule is CCOCCN(CCCCc1ccc2c(n1)NCCC2)CC[C@H](Nc1nccnc1C#N)C(=O)O. The molecule has 2 aromatic heterocycles. The Labute approximate surface area is 206 Å². The number of pyridine rings is 1. The predicted octanol–water partition coefficient (Wildman–Crippen LogP) is 2.72. The lowest BCUT2D eigenvalue weighted by molar-refractivity contribution is -0.138. The lowest BCUT2D eigenvalue weighted by Gasteiger charge is -2.24. The van der Waals surface area contributed by atoms with Gasteiger partial charge in [0.15, 0.2) is 11.5 Å². The van der Waals surface area contributed by atoms with Crippen molar-refractivity contribution < 1.29 is 14.6 Å². The summed E-state index contributed by atoms with van der Waals surface area (Å²) in [4.78, 5) is 26.9. The quantitative estimate of drug-likeness (QED) is 0.326. The zero-order valence-corrected chi connectivity index (χ0v) is 20.4. The number of nitrogens with zero attached hydrogens (tertiary/aromatic N) is 5. The minimum absolute atomic E-state index is 0.0814. The average molecular weight is 482 g/mol. The summed E-state index contributed by atoms with van der Waals surface area (Å²) in [5.74, 6) is 0.230. The summed E-state index contributed by atoms with van der Waals surface area (Å²) < 4.78 is 5.53. The van der Waals surface area contributed by atoms with Crippen LogP contribution in [0, 0.1) is 11.3 Å². The third kappa shape index (κ3) is 8.46. The van der Waals surface area contributed by atoms with E-state index in [1.807, 2.05) is 13.0 Å². The molecule has 1 atom stereocenters. The number of hydrogen-bond donors (Lipinski definition) is 3. The van der Waals surface area contributed by atoms with E-state index in [9.17, 15) is 15.2 Å². The second kappa shape index (κ2) is 14.2. The second-order valence-corrected chi connectivity index (χ2v) is 8.53. The fourth-order valence-electron chi connectivity index (χ4n) is 4.08. The van der Waals surface area contributed by atoms with Crippen molar-refractivity contribution in [3.63, 3.8) is 0 Å². The number of aliphatic carboxylic acids is 1. The number of fused-ring (bicyclic) bond motifs is 1. The van der Waals surface area contributed by atoms with Crippen LogP contribution in [0.2, 0.25) is 0 Å². The molecule has 35 heavy (non-hydrogen) atoms. The summed E-state index contributed by atoms with van der Waals surface area (Å²) in [5, 5.41) is 25.2. The number of aromatic nitrogens is 3. The molecule has 1 aliphatic rings. The number of carboxylic acid groups (broad SMARTS) is 1. The minimum atomic E-state index is -0.989. The van der Waals surface area contributed by atoms with Crippen LogP contribution in [0.25, 0.3) is 0 Å². The van der Waals surface area contributed by atoms with Gasteiger partial charge in [-0.15, -0.1) is 0 Å². The Bertz CT molecular complexity index is 995. The van der Waals surface area contributed by atoms with Gasteiger partial charge in [-0.1, -0.05) is 6.07 Å². The lowest BCUT2D eigenvalue weighted by Crippen LogP contribution is -2.37. The second-order valence-electron chi connectivity index (χ2n) is 8.53. The van der Waals surface area contributed by atoms with Gasteiger partial charge in [0, 0.05) is 44.3 Å². The molecule has 0 fully saturated rings. The van der Waals surface area contributed by atoms with E-state index < -0.39 is 12.0 Å². The highest BCUT2D eigenvalue weighted by atomic mass is 16.5. The summed E-state index contributed by atoms with van der Waals surface area (Å²) in [5.41, 5.74) is 2.48. The number of anilines is 2. The molecule has 0 radical (unpaired) electrons. The number of carbonyl (C=O) groups is 1. The Morgan fingerprint density at radius 2 is 2.14 bits per heavy atom. The molecule has 1 aliphatic heterocycles. The topological polar surface area (TPSA) is 136 Å². The van der Waals surface area contributed by atoms with E-state index in [4.69, 9.17) is 9.72 Å². The highest BCUT2D eigenvalue weighted by molar-refractivity contribution is 5.77. The summed E-state index contributed by atoms with van der Waals surface area (Å²) in [6.45, 7) is 6.35. The lowest BCUT2D eigenvalue weighted by atomic mass is 10.1. The van der Waals surface area contributed by atoms with E-state index in [1.165, 1.54) is 18.0 Å². The van der Waals surface area contributed by atoms with Crippen LogP contribution >= 0.6 is 0 Å². The molecule has 0 spiro atoms. The maximum atomic E-state index is 11.8. The standard InChI is InChI=1S/C25H35N7O3/c1-2-35-17-16-32(14-4-3-7-20-9-8-19-6-5-11-28-23(19)30-20)15-10-21(25(33)34)31-24-22(18-26)27-12-13-29-24/h8-9,12-13,21H,2-7,10-11,14-17H2,1H3,(H,28,30)(H,29,31)(H,33,34)/t21-/m0/s1. The Morgan fingerprint density at radius 3 is 2.94 bits per heavy atom. The molecule has 2 aromatic rings. The minimum Gasteiger partial charge on any atom is -0.480 e. The van der Waals surface area contributed by atoms with E-state index >= 15 is 0 Å². The molecule has 188 valence electrons. The van der Waals surface area contributed by atoms with Crippen LogP contribution < -0.4 is 10.6 Å². The van der Waals surface area contributed by atoms with Crippen LogP contribution in [0.3, 0.4) is 0 Å². The molecule has 0 aliphatic carbocycles. The van der Waals surface area contributed by atoms with Crippen LogP contribution in [0.4, 0.5) is 11.6 Å². The largest absolute Gasteiger partial charge is 0.480 e. The zero-order chi connectivity index (χ0) is 24.9. The molecule has 0 unspecified atom stereocenters. The smallest absolute Gasteiger partial charge is 0.326 e. The Morgan fingerprint density at radius 1 is 1.29 bits per heavy atom. The zero-order valence-electron chi connectivity index (χ0n) is 20.4. The summed E-state index contributed by atoms with van der Waals surface area (Å²) in [7, 11) is 0. The van der Waals surface area contributed by atoms with E-state index in [-0.39, 0.29) is 11.5 Å². The molecule has 10 heteroatoms. The number of hydrogen-bond acceptors (Lipinski definition) is 9. The van der Waals surface area contributed by atoms with Crippen LogP contribution in [0.1, 0.15) is 49.6 Å². The number of nitrogens with one attached hydrogen (secondary N) is 2. The summed E-state index contributed by atoms with van der Waals surface area (Å²) in [6, 6.07) is 5.38.